The number of rotatable bonds is 5. The fourth-order valence-electron chi connectivity index (χ4n) is 2.59. The molecule has 0 aliphatic rings. The van der Waals surface area contributed by atoms with Gasteiger partial charge >= 0.3 is 0 Å². The highest BCUT2D eigenvalue weighted by molar-refractivity contribution is 8.76. The van der Waals surface area contributed by atoms with E-state index in [0.717, 1.165) is 33.7 Å². The highest BCUT2D eigenvalue weighted by Gasteiger charge is 2.16. The molecule has 0 spiro atoms. The van der Waals surface area contributed by atoms with Crippen molar-refractivity contribution in [3.8, 4) is 0 Å². The maximum absolute atomic E-state index is 4.68. The van der Waals surface area contributed by atoms with Crippen LogP contribution in [0, 0.1) is 0 Å². The van der Waals surface area contributed by atoms with Gasteiger partial charge in [-0.3, -0.25) is 0 Å². The normalized spacial score (nSPS) is 14.2. The summed E-state index contributed by atoms with van der Waals surface area (Å²) >= 11 is 0. The first-order chi connectivity index (χ1) is 11.7. The molecule has 2 aromatic heterocycles. The fraction of sp³-hybridized carbons (Fsp3) is 0.222. The monoisotopic (exact) mass is 354 g/mol. The van der Waals surface area contributed by atoms with Crippen LogP contribution in [0.25, 0.3) is 22.1 Å². The second-order valence-corrected chi connectivity index (χ2v) is 8.71. The molecule has 0 amide bonds. The summed E-state index contributed by atoms with van der Waals surface area (Å²) in [6.07, 6.45) is 0. The Kier molecular flexibility index (Phi) is 4.24. The van der Waals surface area contributed by atoms with Crippen molar-refractivity contribution in [1.82, 2.24) is 19.9 Å². The Morgan fingerprint density at radius 2 is 1.12 bits per heavy atom. The van der Waals surface area contributed by atoms with Crippen molar-refractivity contribution >= 4 is 43.7 Å². The molecule has 4 nitrogen and oxygen atoms in total. The van der Waals surface area contributed by atoms with E-state index in [9.17, 15) is 0 Å². The molecule has 0 bridgehead atoms. The maximum atomic E-state index is 4.68. The molecule has 24 heavy (non-hydrogen) atoms. The van der Waals surface area contributed by atoms with Gasteiger partial charge in [0.2, 0.25) is 0 Å². The van der Waals surface area contributed by atoms with Gasteiger partial charge in [-0.15, -0.1) is 0 Å². The van der Waals surface area contributed by atoms with Gasteiger partial charge in [0.05, 0.1) is 32.6 Å². The zero-order chi connectivity index (χ0) is 16.5. The molecule has 4 rings (SSSR count). The van der Waals surface area contributed by atoms with Crippen LogP contribution in [0.4, 0.5) is 0 Å². The van der Waals surface area contributed by atoms with Gasteiger partial charge in [0.25, 0.3) is 0 Å². The largest absolute Gasteiger partial charge is 0.341 e. The first kappa shape index (κ1) is 15.6. The molecule has 2 atom stereocenters. The van der Waals surface area contributed by atoms with Gasteiger partial charge in [-0.2, -0.15) is 0 Å². The Bertz CT molecular complexity index is 829. The smallest absolute Gasteiger partial charge is 0.121 e. The van der Waals surface area contributed by atoms with Crippen molar-refractivity contribution in [2.45, 2.75) is 24.3 Å². The van der Waals surface area contributed by atoms with Crippen LogP contribution in [-0.2, 0) is 0 Å². The molecular weight excluding hydrogens is 336 g/mol. The molecule has 0 saturated carbocycles. The van der Waals surface area contributed by atoms with Crippen LogP contribution < -0.4 is 0 Å². The standard InChI is InChI=1S/C18H18N4S2/c1-11(17-19-13-7-3-4-8-14(13)20-17)23-24-12(2)18-21-15-9-5-6-10-16(15)22-18/h3-12H,1-2H3,(H,19,20)(H,21,22). The van der Waals surface area contributed by atoms with E-state index in [1.807, 2.05) is 58.0 Å². The number of aromatic nitrogens is 4. The summed E-state index contributed by atoms with van der Waals surface area (Å²) in [5.74, 6) is 2.04. The van der Waals surface area contributed by atoms with Crippen LogP contribution in [-0.4, -0.2) is 19.9 Å². The van der Waals surface area contributed by atoms with Crippen molar-refractivity contribution in [2.75, 3.05) is 0 Å². The summed E-state index contributed by atoms with van der Waals surface area (Å²) in [7, 11) is 3.64. The van der Waals surface area contributed by atoms with Gasteiger partial charge in [0.1, 0.15) is 11.6 Å². The minimum Gasteiger partial charge on any atom is -0.341 e. The molecule has 2 heterocycles. The number of hydrogen-bond acceptors (Lipinski definition) is 4. The predicted molar refractivity (Wildman–Crippen MR) is 104 cm³/mol. The second-order valence-electron chi connectivity index (χ2n) is 5.76. The number of aromatic amines is 2. The number of imidazole rings is 2. The van der Waals surface area contributed by atoms with Crippen molar-refractivity contribution in [3.05, 3.63) is 60.2 Å². The summed E-state index contributed by atoms with van der Waals surface area (Å²) < 4.78 is 0. The molecule has 4 aromatic rings. The second kappa shape index (κ2) is 6.53. The Balaban J connectivity index is 1.45. The SMILES string of the molecule is CC(SSC(C)c1nc2ccccc2[nH]1)c1nc2ccccc2[nH]1. The Labute approximate surface area is 148 Å². The van der Waals surface area contributed by atoms with Crippen molar-refractivity contribution in [3.63, 3.8) is 0 Å². The summed E-state index contributed by atoms with van der Waals surface area (Å²) in [5, 5.41) is 0.573. The van der Waals surface area contributed by atoms with E-state index in [-0.39, 0.29) is 10.5 Å². The lowest BCUT2D eigenvalue weighted by molar-refractivity contribution is 0.971. The number of benzene rings is 2. The molecule has 2 N–H and O–H groups in total. The number of nitrogens with zero attached hydrogens (tertiary/aromatic N) is 2. The lowest BCUT2D eigenvalue weighted by Gasteiger charge is -2.11. The quantitative estimate of drug-likeness (QED) is 0.455. The minimum absolute atomic E-state index is 0.286. The average molecular weight is 355 g/mol. The summed E-state index contributed by atoms with van der Waals surface area (Å²) in [5.41, 5.74) is 4.23. The van der Waals surface area contributed by atoms with Gasteiger partial charge in [-0.05, 0) is 38.1 Å². The van der Waals surface area contributed by atoms with Crippen molar-refractivity contribution in [1.29, 1.82) is 0 Å². The number of para-hydroxylation sites is 4. The molecule has 2 aromatic carbocycles. The molecule has 0 aliphatic heterocycles. The van der Waals surface area contributed by atoms with Gasteiger partial charge in [-0.25, -0.2) is 9.97 Å². The zero-order valence-electron chi connectivity index (χ0n) is 13.5. The van der Waals surface area contributed by atoms with E-state index in [2.05, 4.69) is 45.9 Å². The number of hydrogen-bond donors (Lipinski definition) is 2. The van der Waals surface area contributed by atoms with Gasteiger partial charge < -0.3 is 9.97 Å². The first-order valence-corrected chi connectivity index (χ1v) is 10.2. The molecule has 0 saturated heterocycles. The van der Waals surface area contributed by atoms with Gasteiger partial charge in [0, 0.05) is 0 Å². The van der Waals surface area contributed by atoms with Crippen molar-refractivity contribution in [2.24, 2.45) is 0 Å². The van der Waals surface area contributed by atoms with Gasteiger partial charge in [0.15, 0.2) is 0 Å². The van der Waals surface area contributed by atoms with E-state index in [1.165, 1.54) is 0 Å². The lowest BCUT2D eigenvalue weighted by atomic mass is 10.3. The predicted octanol–water partition coefficient (Wildman–Crippen LogP) is 5.64. The van der Waals surface area contributed by atoms with E-state index >= 15 is 0 Å². The molecule has 122 valence electrons. The van der Waals surface area contributed by atoms with Crippen LogP contribution in [0.1, 0.15) is 36.0 Å². The maximum Gasteiger partial charge on any atom is 0.121 e. The Morgan fingerprint density at radius 3 is 1.54 bits per heavy atom. The van der Waals surface area contributed by atoms with Crippen molar-refractivity contribution < 1.29 is 0 Å². The molecule has 0 fully saturated rings. The van der Waals surface area contributed by atoms with Crippen LogP contribution in [0.15, 0.2) is 48.5 Å². The zero-order valence-corrected chi connectivity index (χ0v) is 15.1. The van der Waals surface area contributed by atoms with E-state index in [4.69, 9.17) is 0 Å². The fourth-order valence-corrected chi connectivity index (χ4v) is 4.87. The van der Waals surface area contributed by atoms with Crippen LogP contribution >= 0.6 is 21.6 Å². The molecule has 0 radical (unpaired) electrons. The third kappa shape index (κ3) is 3.03. The van der Waals surface area contributed by atoms with Crippen LogP contribution in [0.3, 0.4) is 0 Å². The summed E-state index contributed by atoms with van der Waals surface area (Å²) in [6, 6.07) is 16.3. The topological polar surface area (TPSA) is 57.4 Å². The molecule has 0 aliphatic carbocycles. The number of H-pyrrole nitrogens is 2. The highest BCUT2D eigenvalue weighted by atomic mass is 33.1. The van der Waals surface area contributed by atoms with E-state index in [1.54, 1.807) is 0 Å². The molecule has 6 heteroatoms. The molecule has 2 unspecified atom stereocenters. The first-order valence-electron chi connectivity index (χ1n) is 7.92. The van der Waals surface area contributed by atoms with E-state index < -0.39 is 0 Å². The van der Waals surface area contributed by atoms with Crippen LogP contribution in [0.5, 0.6) is 0 Å². The summed E-state index contributed by atoms with van der Waals surface area (Å²) in [6.45, 7) is 4.36. The van der Waals surface area contributed by atoms with E-state index in [0.29, 0.717) is 0 Å². The average Bonchev–Trinajstić information content (AvgIpc) is 3.23. The minimum atomic E-state index is 0.286. The molecular formula is C18H18N4S2. The number of nitrogens with one attached hydrogen (secondary N) is 2. The summed E-state index contributed by atoms with van der Waals surface area (Å²) in [4.78, 5) is 16.2. The lowest BCUT2D eigenvalue weighted by Crippen LogP contribution is -1.93. The Hall–Kier alpha value is -1.92. The Morgan fingerprint density at radius 1 is 0.708 bits per heavy atom. The third-order valence-corrected chi connectivity index (χ3v) is 7.13. The van der Waals surface area contributed by atoms with Crippen LogP contribution in [0.2, 0.25) is 0 Å². The highest BCUT2D eigenvalue weighted by Crippen LogP contribution is 2.44. The number of fused-ring (bicyclic) bond motifs is 2. The van der Waals surface area contributed by atoms with Gasteiger partial charge in [-0.1, -0.05) is 45.9 Å². The third-order valence-electron chi connectivity index (χ3n) is 3.93.